The molecule has 4 aromatic rings. The second kappa shape index (κ2) is 8.59. The van der Waals surface area contributed by atoms with Crippen LogP contribution in [0.15, 0.2) is 83.0 Å². The van der Waals surface area contributed by atoms with Gasteiger partial charge in [-0.05, 0) is 73.9 Å². The van der Waals surface area contributed by atoms with Crippen LogP contribution in [0.5, 0.6) is 0 Å². The first-order valence-corrected chi connectivity index (χ1v) is 11.0. The van der Waals surface area contributed by atoms with Gasteiger partial charge in [0.1, 0.15) is 5.82 Å². The van der Waals surface area contributed by atoms with Gasteiger partial charge in [-0.1, -0.05) is 41.6 Å². The summed E-state index contributed by atoms with van der Waals surface area (Å²) in [6.45, 7) is 5.87. The topological polar surface area (TPSA) is 71.3 Å². The van der Waals surface area contributed by atoms with Crippen molar-refractivity contribution in [3.63, 3.8) is 0 Å². The maximum Gasteiger partial charge on any atom is 0.326 e. The third-order valence-corrected chi connectivity index (χ3v) is 5.84. The van der Waals surface area contributed by atoms with Crippen LogP contribution >= 0.6 is 0 Å². The number of hydrogen-bond donors (Lipinski definition) is 1. The number of aryl methyl sites for hydroxylation is 2. The van der Waals surface area contributed by atoms with E-state index in [4.69, 9.17) is 4.52 Å². The number of hydrogen-bond acceptors (Lipinski definition) is 4. The van der Waals surface area contributed by atoms with Gasteiger partial charge in [0.2, 0.25) is 5.82 Å². The quantitative estimate of drug-likeness (QED) is 0.399. The van der Waals surface area contributed by atoms with Crippen molar-refractivity contribution in [1.82, 2.24) is 15.5 Å². The summed E-state index contributed by atoms with van der Waals surface area (Å²) in [6.07, 6.45) is 0. The highest BCUT2D eigenvalue weighted by Crippen LogP contribution is 2.39. The summed E-state index contributed by atoms with van der Waals surface area (Å²) in [5.74, 6) is 0.297. The number of nitrogens with zero attached hydrogens (tertiary/aromatic N) is 3. The Morgan fingerprint density at radius 2 is 1.62 bits per heavy atom. The molecule has 0 saturated carbocycles. The summed E-state index contributed by atoms with van der Waals surface area (Å²) in [5.41, 5.74) is 5.79. The highest BCUT2D eigenvalue weighted by molar-refractivity contribution is 6.01. The molecule has 2 amide bonds. The van der Waals surface area contributed by atoms with Crippen molar-refractivity contribution in [1.29, 1.82) is 0 Å². The SMILES string of the molecule is CC1=C(c2nc(-c3ccc(F)cc3)no2)C(c2ccccc2)NC(=O)N1c1cc(C)cc(C)c1. The summed E-state index contributed by atoms with van der Waals surface area (Å²) in [4.78, 5) is 19.6. The van der Waals surface area contributed by atoms with Gasteiger partial charge in [-0.25, -0.2) is 9.18 Å². The molecule has 7 heteroatoms. The van der Waals surface area contributed by atoms with Crippen molar-refractivity contribution in [2.45, 2.75) is 26.8 Å². The summed E-state index contributed by atoms with van der Waals surface area (Å²) in [6, 6.07) is 20.8. The zero-order chi connectivity index (χ0) is 23.8. The Balaban J connectivity index is 1.66. The molecule has 1 aromatic heterocycles. The lowest BCUT2D eigenvalue weighted by Crippen LogP contribution is -2.46. The van der Waals surface area contributed by atoms with Crippen molar-refractivity contribution in [2.24, 2.45) is 0 Å². The van der Waals surface area contributed by atoms with Crippen molar-refractivity contribution >= 4 is 17.3 Å². The Bertz CT molecular complexity index is 1370. The van der Waals surface area contributed by atoms with E-state index < -0.39 is 6.04 Å². The molecule has 0 spiro atoms. The Labute approximate surface area is 196 Å². The molecule has 170 valence electrons. The highest BCUT2D eigenvalue weighted by Gasteiger charge is 2.36. The monoisotopic (exact) mass is 454 g/mol. The van der Waals surface area contributed by atoms with E-state index >= 15 is 0 Å². The molecule has 0 aliphatic carbocycles. The zero-order valence-electron chi connectivity index (χ0n) is 19.0. The summed E-state index contributed by atoms with van der Waals surface area (Å²) in [5, 5.41) is 7.23. The number of anilines is 1. The number of benzene rings is 3. The molecular formula is C27H23FN4O2. The van der Waals surface area contributed by atoms with Gasteiger partial charge in [0.15, 0.2) is 0 Å². The van der Waals surface area contributed by atoms with Gasteiger partial charge in [0.05, 0.1) is 17.3 Å². The largest absolute Gasteiger partial charge is 0.334 e. The lowest BCUT2D eigenvalue weighted by atomic mass is 9.94. The van der Waals surface area contributed by atoms with E-state index in [1.807, 2.05) is 63.2 Å². The second-order valence-corrected chi connectivity index (χ2v) is 8.40. The molecule has 1 aliphatic rings. The molecule has 1 unspecified atom stereocenters. The van der Waals surface area contributed by atoms with E-state index in [1.54, 1.807) is 17.0 Å². The van der Waals surface area contributed by atoms with Crippen molar-refractivity contribution in [3.05, 3.63) is 107 Å². The molecule has 34 heavy (non-hydrogen) atoms. The summed E-state index contributed by atoms with van der Waals surface area (Å²) >= 11 is 0. The summed E-state index contributed by atoms with van der Waals surface area (Å²) in [7, 11) is 0. The van der Waals surface area contributed by atoms with Crippen LogP contribution in [-0.4, -0.2) is 16.2 Å². The van der Waals surface area contributed by atoms with Crippen molar-refractivity contribution in [3.8, 4) is 11.4 Å². The number of nitrogens with one attached hydrogen (secondary N) is 1. The minimum atomic E-state index is -0.475. The van der Waals surface area contributed by atoms with Crippen LogP contribution in [0.3, 0.4) is 0 Å². The van der Waals surface area contributed by atoms with Gasteiger partial charge in [-0.15, -0.1) is 0 Å². The number of carbonyl (C=O) groups is 1. The molecule has 0 saturated heterocycles. The lowest BCUT2D eigenvalue weighted by molar-refractivity contribution is 0.244. The Morgan fingerprint density at radius 3 is 2.29 bits per heavy atom. The predicted octanol–water partition coefficient (Wildman–Crippen LogP) is 6.19. The normalized spacial score (nSPS) is 16.1. The number of allylic oxidation sites excluding steroid dienone is 1. The minimum absolute atomic E-state index is 0.238. The number of urea groups is 1. The maximum atomic E-state index is 13.4. The number of amides is 2. The van der Waals surface area contributed by atoms with Gasteiger partial charge in [0.25, 0.3) is 5.89 Å². The van der Waals surface area contributed by atoms with Crippen LogP contribution < -0.4 is 10.2 Å². The van der Waals surface area contributed by atoms with Crippen LogP contribution in [0, 0.1) is 19.7 Å². The number of aromatic nitrogens is 2. The molecule has 0 bridgehead atoms. The van der Waals surface area contributed by atoms with Gasteiger partial charge < -0.3 is 9.84 Å². The van der Waals surface area contributed by atoms with Gasteiger partial charge >= 0.3 is 6.03 Å². The Kier molecular flexibility index (Phi) is 5.45. The van der Waals surface area contributed by atoms with Crippen LogP contribution in [0.4, 0.5) is 14.9 Å². The first kappa shape index (κ1) is 21.6. The maximum absolute atomic E-state index is 13.4. The third kappa shape index (κ3) is 3.96. The number of halogens is 1. The minimum Gasteiger partial charge on any atom is -0.334 e. The molecule has 5 rings (SSSR count). The summed E-state index contributed by atoms with van der Waals surface area (Å²) < 4.78 is 19.1. The van der Waals surface area contributed by atoms with Crippen LogP contribution in [0.25, 0.3) is 17.0 Å². The molecule has 3 aromatic carbocycles. The van der Waals surface area contributed by atoms with Crippen LogP contribution in [-0.2, 0) is 0 Å². The molecule has 6 nitrogen and oxygen atoms in total. The van der Waals surface area contributed by atoms with E-state index in [0.717, 1.165) is 22.4 Å². The molecular weight excluding hydrogens is 431 g/mol. The molecule has 1 aliphatic heterocycles. The highest BCUT2D eigenvalue weighted by atomic mass is 19.1. The van der Waals surface area contributed by atoms with E-state index in [9.17, 15) is 9.18 Å². The van der Waals surface area contributed by atoms with Crippen LogP contribution in [0.1, 0.15) is 35.5 Å². The fourth-order valence-electron chi connectivity index (χ4n) is 4.36. The van der Waals surface area contributed by atoms with Gasteiger partial charge in [0, 0.05) is 11.3 Å². The lowest BCUT2D eigenvalue weighted by Gasteiger charge is -2.35. The Hall–Kier alpha value is -4.26. The van der Waals surface area contributed by atoms with E-state index in [1.165, 1.54) is 12.1 Å². The molecule has 0 fully saturated rings. The first-order valence-electron chi connectivity index (χ1n) is 11.0. The molecule has 0 radical (unpaired) electrons. The average Bonchev–Trinajstić information content (AvgIpc) is 3.29. The zero-order valence-corrected chi connectivity index (χ0v) is 19.0. The molecule has 1 N–H and O–H groups in total. The van der Waals surface area contributed by atoms with Gasteiger partial charge in [-0.2, -0.15) is 4.98 Å². The molecule has 2 heterocycles. The fraction of sp³-hybridized carbons (Fsp3) is 0.148. The standard InChI is InChI=1S/C27H23FN4O2/c1-16-13-17(2)15-22(14-16)32-18(3)23(24(29-27(32)33)19-7-5-4-6-8-19)26-30-25(31-34-26)20-9-11-21(28)12-10-20/h4-15,24H,1-3H3,(H,29,33). The average molecular weight is 455 g/mol. The van der Waals surface area contributed by atoms with E-state index in [0.29, 0.717) is 28.5 Å². The predicted molar refractivity (Wildman–Crippen MR) is 128 cm³/mol. The van der Waals surface area contributed by atoms with Crippen molar-refractivity contribution in [2.75, 3.05) is 4.90 Å². The smallest absolute Gasteiger partial charge is 0.326 e. The fourth-order valence-corrected chi connectivity index (χ4v) is 4.36. The number of carbonyl (C=O) groups excluding carboxylic acids is 1. The van der Waals surface area contributed by atoms with Crippen molar-refractivity contribution < 1.29 is 13.7 Å². The van der Waals surface area contributed by atoms with E-state index in [2.05, 4.69) is 21.5 Å². The Morgan fingerprint density at radius 1 is 0.941 bits per heavy atom. The second-order valence-electron chi connectivity index (χ2n) is 8.40. The molecule has 1 atom stereocenters. The van der Waals surface area contributed by atoms with Crippen LogP contribution in [0.2, 0.25) is 0 Å². The third-order valence-electron chi connectivity index (χ3n) is 5.84. The van der Waals surface area contributed by atoms with E-state index in [-0.39, 0.29) is 11.8 Å². The first-order chi connectivity index (χ1) is 16.4. The number of rotatable bonds is 4. The van der Waals surface area contributed by atoms with Gasteiger partial charge in [-0.3, -0.25) is 4.90 Å².